The molecular formula is C20H21NO5. The van der Waals surface area contributed by atoms with Gasteiger partial charge in [0.15, 0.2) is 11.5 Å². The number of carbonyl (C=O) groups is 1. The van der Waals surface area contributed by atoms with Gasteiger partial charge in [-0.05, 0) is 49.2 Å². The van der Waals surface area contributed by atoms with Crippen LogP contribution in [0.2, 0.25) is 0 Å². The Morgan fingerprint density at radius 1 is 1.08 bits per heavy atom. The summed E-state index contributed by atoms with van der Waals surface area (Å²) in [6, 6.07) is 12.6. The smallest absolute Gasteiger partial charge is 0.259 e. The van der Waals surface area contributed by atoms with Crippen molar-refractivity contribution in [2.45, 2.75) is 18.9 Å². The minimum absolute atomic E-state index is 0.181. The maximum Gasteiger partial charge on any atom is 0.259 e. The molecule has 0 bridgehead atoms. The molecule has 0 aromatic heterocycles. The van der Waals surface area contributed by atoms with Crippen LogP contribution in [0.15, 0.2) is 42.5 Å². The van der Waals surface area contributed by atoms with Gasteiger partial charge in [-0.25, -0.2) is 0 Å². The average Bonchev–Trinajstić information content (AvgIpc) is 3.20. The third-order valence-corrected chi connectivity index (χ3v) is 4.38. The quantitative estimate of drug-likeness (QED) is 0.892. The number of rotatable bonds is 5. The van der Waals surface area contributed by atoms with Crippen LogP contribution < -0.4 is 19.5 Å². The van der Waals surface area contributed by atoms with Gasteiger partial charge in [-0.1, -0.05) is 6.07 Å². The van der Waals surface area contributed by atoms with Crippen molar-refractivity contribution in [1.29, 1.82) is 0 Å². The van der Waals surface area contributed by atoms with E-state index in [2.05, 4.69) is 5.32 Å². The number of nitrogens with one attached hydrogen (secondary N) is 1. The van der Waals surface area contributed by atoms with Crippen LogP contribution >= 0.6 is 0 Å². The highest BCUT2D eigenvalue weighted by Gasteiger charge is 2.20. The molecular weight excluding hydrogens is 334 g/mol. The van der Waals surface area contributed by atoms with Crippen LogP contribution in [-0.4, -0.2) is 38.4 Å². The lowest BCUT2D eigenvalue weighted by Gasteiger charge is -2.20. The van der Waals surface area contributed by atoms with Gasteiger partial charge in [0.2, 0.25) is 0 Å². The molecule has 1 amide bonds. The summed E-state index contributed by atoms with van der Waals surface area (Å²) in [7, 11) is 0. The van der Waals surface area contributed by atoms with Crippen molar-refractivity contribution in [1.82, 2.24) is 0 Å². The maximum absolute atomic E-state index is 12.6. The van der Waals surface area contributed by atoms with Crippen LogP contribution in [0.5, 0.6) is 17.2 Å². The van der Waals surface area contributed by atoms with Crippen LogP contribution in [0.1, 0.15) is 23.2 Å². The van der Waals surface area contributed by atoms with E-state index < -0.39 is 0 Å². The molecule has 6 nitrogen and oxygen atoms in total. The number of hydrogen-bond donors (Lipinski definition) is 1. The molecule has 1 saturated heterocycles. The van der Waals surface area contributed by atoms with Crippen molar-refractivity contribution in [3.63, 3.8) is 0 Å². The van der Waals surface area contributed by atoms with Crippen molar-refractivity contribution in [2.24, 2.45) is 0 Å². The van der Waals surface area contributed by atoms with E-state index in [-0.39, 0.29) is 12.0 Å². The first kappa shape index (κ1) is 16.7. The first-order valence-electron chi connectivity index (χ1n) is 8.84. The Hall–Kier alpha value is -2.73. The third-order valence-electron chi connectivity index (χ3n) is 4.38. The van der Waals surface area contributed by atoms with Crippen molar-refractivity contribution in [3.8, 4) is 17.2 Å². The van der Waals surface area contributed by atoms with Gasteiger partial charge in [0, 0.05) is 12.3 Å². The van der Waals surface area contributed by atoms with Gasteiger partial charge in [-0.2, -0.15) is 0 Å². The number of fused-ring (bicyclic) bond motifs is 1. The van der Waals surface area contributed by atoms with E-state index in [1.54, 1.807) is 18.2 Å². The Morgan fingerprint density at radius 3 is 2.73 bits per heavy atom. The fraction of sp³-hybridized carbons (Fsp3) is 0.350. The van der Waals surface area contributed by atoms with E-state index in [1.165, 1.54) is 0 Å². The SMILES string of the molecule is O=C(Nc1ccc(OCC2CCCO2)cc1)c1cccc2c1OCCO2. The molecule has 26 heavy (non-hydrogen) atoms. The minimum Gasteiger partial charge on any atom is -0.491 e. The fourth-order valence-corrected chi connectivity index (χ4v) is 3.05. The topological polar surface area (TPSA) is 66.0 Å². The molecule has 0 aliphatic carbocycles. The Labute approximate surface area is 152 Å². The summed E-state index contributed by atoms with van der Waals surface area (Å²) >= 11 is 0. The molecule has 6 heteroatoms. The van der Waals surface area contributed by atoms with E-state index in [1.807, 2.05) is 24.3 Å². The minimum atomic E-state index is -0.236. The van der Waals surface area contributed by atoms with Gasteiger partial charge in [0.1, 0.15) is 25.6 Å². The number of para-hydroxylation sites is 1. The highest BCUT2D eigenvalue weighted by molar-refractivity contribution is 6.06. The maximum atomic E-state index is 12.6. The molecule has 2 aromatic carbocycles. The van der Waals surface area contributed by atoms with Gasteiger partial charge in [-0.3, -0.25) is 4.79 Å². The molecule has 4 rings (SSSR count). The summed E-state index contributed by atoms with van der Waals surface area (Å²) in [6.45, 7) is 2.30. The summed E-state index contributed by atoms with van der Waals surface area (Å²) in [4.78, 5) is 12.6. The molecule has 1 unspecified atom stereocenters. The fourth-order valence-electron chi connectivity index (χ4n) is 3.05. The highest BCUT2D eigenvalue weighted by atomic mass is 16.6. The largest absolute Gasteiger partial charge is 0.491 e. The molecule has 2 heterocycles. The van der Waals surface area contributed by atoms with Crippen LogP contribution in [0.25, 0.3) is 0 Å². The van der Waals surface area contributed by atoms with Crippen LogP contribution in [0, 0.1) is 0 Å². The molecule has 0 spiro atoms. The summed E-state index contributed by atoms with van der Waals surface area (Å²) in [5.41, 5.74) is 1.15. The normalized spacial score (nSPS) is 18.4. The van der Waals surface area contributed by atoms with Crippen molar-refractivity contribution in [3.05, 3.63) is 48.0 Å². The summed E-state index contributed by atoms with van der Waals surface area (Å²) in [6.07, 6.45) is 2.32. The predicted molar refractivity (Wildman–Crippen MR) is 96.3 cm³/mol. The lowest BCUT2D eigenvalue weighted by Crippen LogP contribution is -2.20. The van der Waals surface area contributed by atoms with E-state index in [0.717, 1.165) is 25.2 Å². The first-order chi connectivity index (χ1) is 12.8. The van der Waals surface area contributed by atoms with E-state index in [4.69, 9.17) is 18.9 Å². The molecule has 1 atom stereocenters. The number of benzene rings is 2. The van der Waals surface area contributed by atoms with Gasteiger partial charge in [0.05, 0.1) is 11.7 Å². The Morgan fingerprint density at radius 2 is 1.92 bits per heavy atom. The van der Waals surface area contributed by atoms with Crippen molar-refractivity contribution < 1.29 is 23.7 Å². The summed E-state index contributed by atoms with van der Waals surface area (Å²) in [5, 5.41) is 2.88. The molecule has 1 fully saturated rings. The average molecular weight is 355 g/mol. The Balaban J connectivity index is 1.38. The molecule has 136 valence electrons. The van der Waals surface area contributed by atoms with E-state index in [9.17, 15) is 4.79 Å². The van der Waals surface area contributed by atoms with Gasteiger partial charge in [-0.15, -0.1) is 0 Å². The summed E-state index contributed by atoms with van der Waals surface area (Å²) < 4.78 is 22.4. The Bertz CT molecular complexity index is 768. The zero-order chi connectivity index (χ0) is 17.8. The summed E-state index contributed by atoms with van der Waals surface area (Å²) in [5.74, 6) is 1.61. The lowest BCUT2D eigenvalue weighted by atomic mass is 10.1. The van der Waals surface area contributed by atoms with Gasteiger partial charge >= 0.3 is 0 Å². The van der Waals surface area contributed by atoms with E-state index >= 15 is 0 Å². The second-order valence-corrected chi connectivity index (χ2v) is 6.25. The zero-order valence-corrected chi connectivity index (χ0v) is 14.4. The number of amides is 1. The lowest BCUT2D eigenvalue weighted by molar-refractivity contribution is 0.0679. The second-order valence-electron chi connectivity index (χ2n) is 6.25. The molecule has 0 saturated carbocycles. The second kappa shape index (κ2) is 7.66. The number of ether oxygens (including phenoxy) is 4. The van der Waals surface area contributed by atoms with Crippen LogP contribution in [-0.2, 0) is 4.74 Å². The standard InChI is InChI=1S/C20H21NO5/c22-20(17-4-1-5-18-19(17)25-12-11-24-18)21-14-6-8-15(9-7-14)26-13-16-3-2-10-23-16/h1,4-9,16H,2-3,10-13H2,(H,21,22). The highest BCUT2D eigenvalue weighted by Crippen LogP contribution is 2.34. The third kappa shape index (κ3) is 3.75. The van der Waals surface area contributed by atoms with Gasteiger partial charge in [0.25, 0.3) is 5.91 Å². The Kier molecular flexibility index (Phi) is 4.93. The molecule has 1 N–H and O–H groups in total. The molecule has 0 radical (unpaired) electrons. The first-order valence-corrected chi connectivity index (χ1v) is 8.84. The molecule has 2 aromatic rings. The predicted octanol–water partition coefficient (Wildman–Crippen LogP) is 3.27. The van der Waals surface area contributed by atoms with Crippen LogP contribution in [0.4, 0.5) is 5.69 Å². The number of anilines is 1. The number of hydrogen-bond acceptors (Lipinski definition) is 5. The molecule has 2 aliphatic rings. The molecule has 2 aliphatic heterocycles. The van der Waals surface area contributed by atoms with Crippen molar-refractivity contribution >= 4 is 11.6 Å². The van der Waals surface area contributed by atoms with Crippen molar-refractivity contribution in [2.75, 3.05) is 31.7 Å². The van der Waals surface area contributed by atoms with E-state index in [0.29, 0.717) is 42.6 Å². The monoisotopic (exact) mass is 355 g/mol. The number of carbonyl (C=O) groups excluding carboxylic acids is 1. The van der Waals surface area contributed by atoms with Crippen LogP contribution in [0.3, 0.4) is 0 Å². The zero-order valence-electron chi connectivity index (χ0n) is 14.4. The van der Waals surface area contributed by atoms with Gasteiger partial charge < -0.3 is 24.3 Å².